The molecule has 0 aromatic carbocycles. The van der Waals surface area contributed by atoms with E-state index in [2.05, 4.69) is 25.8 Å². The Morgan fingerprint density at radius 1 is 0.727 bits per heavy atom. The Morgan fingerprint density at radius 3 is 1.51 bits per heavy atom. The average Bonchev–Trinajstić information content (AvgIpc) is 4.14. The highest BCUT2D eigenvalue weighted by Crippen LogP contribution is 2.55. The van der Waals surface area contributed by atoms with Crippen molar-refractivity contribution in [3.05, 3.63) is 69.3 Å². The molecule has 2 aromatic rings. The van der Waals surface area contributed by atoms with Crippen LogP contribution in [0.3, 0.4) is 0 Å². The molecule has 2 aliphatic heterocycles. The second-order valence-electron chi connectivity index (χ2n) is 15.4. The molecular formula is C41H47N7O7. The van der Waals surface area contributed by atoms with E-state index >= 15 is 0 Å². The normalized spacial score (nSPS) is 19.9. The number of nitriles is 2. The first-order valence-electron chi connectivity index (χ1n) is 19.0. The van der Waals surface area contributed by atoms with Gasteiger partial charge in [0.1, 0.15) is 34.7 Å². The number of hydrogen-bond donors (Lipinski definition) is 4. The maximum absolute atomic E-state index is 12.5. The zero-order chi connectivity index (χ0) is 39.3. The van der Waals surface area contributed by atoms with Crippen molar-refractivity contribution in [1.82, 2.24) is 19.8 Å². The molecule has 14 nitrogen and oxygen atoms in total. The summed E-state index contributed by atoms with van der Waals surface area (Å²) >= 11 is 0. The number of hydrogen-bond acceptors (Lipinski definition) is 13. The molecule has 288 valence electrons. The van der Waals surface area contributed by atoms with Crippen LogP contribution in [0.1, 0.15) is 107 Å². The molecule has 14 heteroatoms. The van der Waals surface area contributed by atoms with Gasteiger partial charge >= 0.3 is 5.97 Å². The van der Waals surface area contributed by atoms with Crippen molar-refractivity contribution >= 4 is 34.7 Å². The molecule has 4 fully saturated rings. The average molecular weight is 750 g/mol. The van der Waals surface area contributed by atoms with Gasteiger partial charge in [-0.15, -0.1) is 0 Å². The van der Waals surface area contributed by atoms with Gasteiger partial charge in [0.25, 0.3) is 0 Å². The molecule has 0 bridgehead atoms. The van der Waals surface area contributed by atoms with E-state index in [1.807, 2.05) is 6.07 Å². The van der Waals surface area contributed by atoms with Gasteiger partial charge in [-0.3, -0.25) is 19.4 Å². The lowest BCUT2D eigenvalue weighted by Gasteiger charge is -2.37. The van der Waals surface area contributed by atoms with Crippen LogP contribution in [0, 0.1) is 33.5 Å². The van der Waals surface area contributed by atoms with Crippen LogP contribution in [0.5, 0.6) is 0 Å². The molecule has 2 saturated heterocycles. The Labute approximate surface area is 320 Å². The lowest BCUT2D eigenvalue weighted by atomic mass is 9.86. The highest BCUT2D eigenvalue weighted by Gasteiger charge is 2.46. The highest BCUT2D eigenvalue weighted by atomic mass is 16.4. The number of rotatable bonds is 8. The summed E-state index contributed by atoms with van der Waals surface area (Å²) in [6.45, 7) is 3.72. The van der Waals surface area contributed by atoms with Crippen molar-refractivity contribution in [2.45, 2.75) is 77.0 Å². The van der Waals surface area contributed by atoms with Gasteiger partial charge in [-0.25, -0.2) is 9.78 Å². The van der Waals surface area contributed by atoms with E-state index in [9.17, 15) is 34.8 Å². The van der Waals surface area contributed by atoms with Crippen LogP contribution < -0.4 is 5.73 Å². The van der Waals surface area contributed by atoms with E-state index in [-0.39, 0.29) is 66.7 Å². The SMILES string of the molecule is N#CC1=C(N2CCC3(CC2)CC3)c2cc(C(=O)CCCO)ncc2CC1=O.N#CC1=C(N2CCC3(CC2)CC3)c2cc(C(=O)O)ncc2CC1=O.NCCO. The number of aromatic nitrogens is 2. The summed E-state index contributed by atoms with van der Waals surface area (Å²) < 4.78 is 0. The standard InChI is InChI=1S/C21H23N3O3.C18H17N3O3.C2H7NO/c22-12-16-19(27)10-14-13-23-17(18(26)2-1-9-25)11-15(14)20(16)24-7-5-21(3-4-21)6-8-24;19-9-13-15(22)7-11-10-20-14(17(23)24)8-12(11)16(13)21-5-3-18(1-2-18)4-6-21;3-1-2-4/h11,13,25H,1-10H2;8,10H,1-7H2,(H,23,24);4H,1-3H2. The molecule has 0 radical (unpaired) electrons. The third-order valence-electron chi connectivity index (χ3n) is 11.8. The molecule has 5 N–H and O–H groups in total. The smallest absolute Gasteiger partial charge is 0.354 e. The summed E-state index contributed by atoms with van der Waals surface area (Å²) in [5.41, 5.74) is 10.6. The number of fused-ring (bicyclic) bond motifs is 2. The van der Waals surface area contributed by atoms with Crippen LogP contribution >= 0.6 is 0 Å². The first kappa shape index (κ1) is 39.4. The summed E-state index contributed by atoms with van der Waals surface area (Å²) in [4.78, 5) is 60.8. The number of nitrogens with zero attached hydrogens (tertiary/aromatic N) is 6. The molecule has 55 heavy (non-hydrogen) atoms. The summed E-state index contributed by atoms with van der Waals surface area (Å²) in [6, 6.07) is 7.39. The Morgan fingerprint density at radius 2 is 1.15 bits per heavy atom. The lowest BCUT2D eigenvalue weighted by molar-refractivity contribution is -0.115. The first-order valence-corrected chi connectivity index (χ1v) is 19.0. The highest BCUT2D eigenvalue weighted by molar-refractivity contribution is 6.11. The number of likely N-dealkylation sites (tertiary alicyclic amines) is 2. The summed E-state index contributed by atoms with van der Waals surface area (Å²) in [5.74, 6) is -1.62. The van der Waals surface area contributed by atoms with E-state index in [1.54, 1.807) is 12.3 Å². The monoisotopic (exact) mass is 749 g/mol. The quantitative estimate of drug-likeness (QED) is 0.284. The molecule has 6 aliphatic rings. The minimum absolute atomic E-state index is 0.0373. The molecule has 0 amide bonds. The van der Waals surface area contributed by atoms with Crippen LogP contribution in [0.25, 0.3) is 11.4 Å². The zero-order valence-corrected chi connectivity index (χ0v) is 31.0. The van der Waals surface area contributed by atoms with E-state index in [0.29, 0.717) is 52.0 Å². The second-order valence-corrected chi connectivity index (χ2v) is 15.4. The number of aliphatic hydroxyl groups is 2. The molecule has 4 aliphatic carbocycles. The summed E-state index contributed by atoms with van der Waals surface area (Å²) in [5, 5.41) is 45.0. The minimum Gasteiger partial charge on any atom is -0.477 e. The van der Waals surface area contributed by atoms with E-state index in [0.717, 1.165) is 63.0 Å². The Balaban J connectivity index is 0.000000172. The summed E-state index contributed by atoms with van der Waals surface area (Å²) in [6.07, 6.45) is 13.4. The van der Waals surface area contributed by atoms with Crippen LogP contribution in [-0.4, -0.2) is 104 Å². The fourth-order valence-corrected chi connectivity index (χ4v) is 8.03. The van der Waals surface area contributed by atoms with E-state index in [1.165, 1.54) is 37.9 Å². The van der Waals surface area contributed by atoms with Crippen LogP contribution in [0.4, 0.5) is 0 Å². The molecule has 2 aromatic heterocycles. The number of aromatic carboxylic acids is 1. The lowest BCUT2D eigenvalue weighted by Crippen LogP contribution is -2.36. The van der Waals surface area contributed by atoms with Gasteiger partial charge in [-0.2, -0.15) is 10.5 Å². The number of carbonyl (C=O) groups excluding carboxylic acids is 3. The number of aliphatic hydroxyl groups excluding tert-OH is 2. The number of carboxylic acids is 1. The molecule has 0 atom stereocenters. The van der Waals surface area contributed by atoms with E-state index < -0.39 is 5.97 Å². The number of pyridine rings is 2. The first-order chi connectivity index (χ1) is 26.5. The maximum atomic E-state index is 12.5. The Hall–Kier alpha value is -5.28. The van der Waals surface area contributed by atoms with Gasteiger partial charge in [-0.05, 0) is 91.9 Å². The fourth-order valence-electron chi connectivity index (χ4n) is 8.03. The third kappa shape index (κ3) is 8.52. The molecule has 0 unspecified atom stereocenters. The van der Waals surface area contributed by atoms with Gasteiger partial charge in [-0.1, -0.05) is 0 Å². The van der Waals surface area contributed by atoms with Gasteiger partial charge in [0.15, 0.2) is 17.3 Å². The second kappa shape index (κ2) is 16.6. The van der Waals surface area contributed by atoms with Gasteiger partial charge in [0.2, 0.25) is 0 Å². The summed E-state index contributed by atoms with van der Waals surface area (Å²) in [7, 11) is 0. The molecule has 8 rings (SSSR count). The van der Waals surface area contributed by atoms with E-state index in [4.69, 9.17) is 15.9 Å². The Bertz CT molecular complexity index is 2010. The predicted octanol–water partition coefficient (Wildman–Crippen LogP) is 3.23. The number of carboxylic acid groups (broad SMARTS) is 1. The maximum Gasteiger partial charge on any atom is 0.354 e. The number of carbonyl (C=O) groups is 4. The van der Waals surface area contributed by atoms with Crippen molar-refractivity contribution in [3.63, 3.8) is 0 Å². The number of Topliss-reactive ketones (excluding diaryl/α,β-unsaturated/α-hetero) is 3. The molecule has 2 spiro atoms. The van der Waals surface area contributed by atoms with Crippen LogP contribution in [0.2, 0.25) is 0 Å². The largest absolute Gasteiger partial charge is 0.477 e. The van der Waals surface area contributed by atoms with Crippen LogP contribution in [-0.2, 0) is 22.4 Å². The molecule has 2 saturated carbocycles. The topological polar surface area (TPSA) is 235 Å². The van der Waals surface area contributed by atoms with Crippen molar-refractivity contribution in [1.29, 1.82) is 10.5 Å². The Kier molecular flexibility index (Phi) is 11.9. The number of allylic oxidation sites excluding steroid dienone is 2. The zero-order valence-electron chi connectivity index (χ0n) is 31.0. The number of nitrogens with two attached hydrogens (primary N) is 1. The third-order valence-corrected chi connectivity index (χ3v) is 11.8. The van der Waals surface area contributed by atoms with Gasteiger partial charge in [0.05, 0.1) is 18.0 Å². The number of ketones is 3. The minimum atomic E-state index is -1.11. The van der Waals surface area contributed by atoms with Gasteiger partial charge < -0.3 is 30.9 Å². The van der Waals surface area contributed by atoms with Crippen molar-refractivity contribution in [3.8, 4) is 12.1 Å². The fraction of sp³-hybridized carbons (Fsp3) is 0.512. The van der Waals surface area contributed by atoms with Crippen molar-refractivity contribution in [2.75, 3.05) is 45.9 Å². The number of piperidine rings is 2. The van der Waals surface area contributed by atoms with Crippen molar-refractivity contribution in [2.24, 2.45) is 16.6 Å². The predicted molar refractivity (Wildman–Crippen MR) is 200 cm³/mol. The molecular weight excluding hydrogens is 702 g/mol. The van der Waals surface area contributed by atoms with Crippen LogP contribution in [0.15, 0.2) is 35.7 Å². The molecule has 4 heterocycles. The van der Waals surface area contributed by atoms with Gasteiger partial charge in [0, 0.05) is 82.1 Å². The van der Waals surface area contributed by atoms with Crippen molar-refractivity contribution < 1.29 is 34.5 Å².